The highest BCUT2D eigenvalue weighted by Gasteiger charge is 2.17. The quantitative estimate of drug-likeness (QED) is 0.533. The van der Waals surface area contributed by atoms with Crippen molar-refractivity contribution in [1.29, 1.82) is 0 Å². The molecule has 0 aliphatic heterocycles. The molecule has 128 valence electrons. The summed E-state index contributed by atoms with van der Waals surface area (Å²) in [4.78, 5) is 9.12. The minimum absolute atomic E-state index is 0.451. The highest BCUT2D eigenvalue weighted by molar-refractivity contribution is 5.69. The highest BCUT2D eigenvalue weighted by Crippen LogP contribution is 2.31. The predicted molar refractivity (Wildman–Crippen MR) is 99.7 cm³/mol. The molecule has 0 saturated carbocycles. The largest absolute Gasteiger partial charge is 0.480 e. The Bertz CT molecular complexity index is 1040. The zero-order chi connectivity index (χ0) is 17.9. The van der Waals surface area contributed by atoms with Gasteiger partial charge in [0.25, 0.3) is 5.89 Å². The van der Waals surface area contributed by atoms with Crippen molar-refractivity contribution in [2.45, 2.75) is 6.92 Å². The minimum atomic E-state index is 0.451. The molecule has 2 aromatic carbocycles. The van der Waals surface area contributed by atoms with Gasteiger partial charge >= 0.3 is 0 Å². The number of aromatic nitrogens is 3. The number of hydrogen-bond acceptors (Lipinski definition) is 5. The Labute approximate surface area is 151 Å². The third-order valence-electron chi connectivity index (χ3n) is 4.17. The molecule has 0 N–H and O–H groups in total. The second kappa shape index (κ2) is 6.80. The molecule has 26 heavy (non-hydrogen) atoms. The van der Waals surface area contributed by atoms with Crippen molar-refractivity contribution < 1.29 is 9.26 Å². The number of nitrogens with zero attached hydrogens (tertiary/aromatic N) is 3. The second-order valence-electron chi connectivity index (χ2n) is 5.86. The van der Waals surface area contributed by atoms with E-state index in [2.05, 4.69) is 15.1 Å². The topological polar surface area (TPSA) is 61.0 Å². The third-order valence-corrected chi connectivity index (χ3v) is 4.17. The van der Waals surface area contributed by atoms with Crippen LogP contribution in [0.15, 0.2) is 71.3 Å². The van der Waals surface area contributed by atoms with Gasteiger partial charge < -0.3 is 9.26 Å². The summed E-state index contributed by atoms with van der Waals surface area (Å²) in [7, 11) is 1.59. The molecule has 0 unspecified atom stereocenters. The van der Waals surface area contributed by atoms with E-state index in [1.165, 1.54) is 0 Å². The molecule has 0 amide bonds. The molecule has 5 nitrogen and oxygen atoms in total. The van der Waals surface area contributed by atoms with Crippen LogP contribution in [0.4, 0.5) is 0 Å². The molecule has 0 spiro atoms. The van der Waals surface area contributed by atoms with Gasteiger partial charge in [0.2, 0.25) is 11.7 Å². The number of methoxy groups -OCH3 is 1. The maximum atomic E-state index is 5.47. The van der Waals surface area contributed by atoms with E-state index in [-0.39, 0.29) is 0 Å². The normalized spacial score (nSPS) is 10.7. The Hall–Kier alpha value is -3.47. The first-order valence-corrected chi connectivity index (χ1v) is 8.27. The summed E-state index contributed by atoms with van der Waals surface area (Å²) in [6.45, 7) is 2.01. The lowest BCUT2D eigenvalue weighted by atomic mass is 10.1. The fraction of sp³-hybridized carbons (Fsp3) is 0.0952. The van der Waals surface area contributed by atoms with E-state index in [0.717, 1.165) is 22.4 Å². The Morgan fingerprint density at radius 1 is 0.808 bits per heavy atom. The molecule has 2 aromatic heterocycles. The molecule has 2 heterocycles. The Morgan fingerprint density at radius 2 is 1.58 bits per heavy atom. The SMILES string of the molecule is COc1nc(-c2ccccc2)ccc1-c1noc(-c2ccccc2C)n1. The van der Waals surface area contributed by atoms with Crippen LogP contribution in [0, 0.1) is 6.92 Å². The number of benzene rings is 2. The summed E-state index contributed by atoms with van der Waals surface area (Å²) in [5.41, 5.74) is 4.53. The van der Waals surface area contributed by atoms with Gasteiger partial charge in [-0.2, -0.15) is 4.98 Å². The third kappa shape index (κ3) is 2.95. The van der Waals surface area contributed by atoms with Crippen LogP contribution in [0.2, 0.25) is 0 Å². The van der Waals surface area contributed by atoms with Gasteiger partial charge in [0.1, 0.15) is 0 Å². The number of rotatable bonds is 4. The Kier molecular flexibility index (Phi) is 4.19. The zero-order valence-electron chi connectivity index (χ0n) is 14.5. The fourth-order valence-corrected chi connectivity index (χ4v) is 2.79. The summed E-state index contributed by atoms with van der Waals surface area (Å²) < 4.78 is 10.9. The van der Waals surface area contributed by atoms with E-state index in [9.17, 15) is 0 Å². The summed E-state index contributed by atoms with van der Waals surface area (Å²) >= 11 is 0. The molecular weight excluding hydrogens is 326 g/mol. The van der Waals surface area contributed by atoms with Gasteiger partial charge in [-0.15, -0.1) is 0 Å². The van der Waals surface area contributed by atoms with Crippen LogP contribution in [-0.4, -0.2) is 22.2 Å². The van der Waals surface area contributed by atoms with Gasteiger partial charge in [-0.05, 0) is 30.7 Å². The van der Waals surface area contributed by atoms with Gasteiger partial charge in [0.15, 0.2) is 0 Å². The minimum Gasteiger partial charge on any atom is -0.480 e. The molecule has 4 rings (SSSR count). The van der Waals surface area contributed by atoms with Crippen LogP contribution in [0.25, 0.3) is 34.1 Å². The van der Waals surface area contributed by atoms with Crippen LogP contribution in [-0.2, 0) is 0 Å². The van der Waals surface area contributed by atoms with Crippen molar-refractivity contribution in [3.05, 3.63) is 72.3 Å². The van der Waals surface area contributed by atoms with Crippen molar-refractivity contribution in [3.8, 4) is 40.0 Å². The molecule has 4 aromatic rings. The van der Waals surface area contributed by atoms with Crippen LogP contribution in [0.3, 0.4) is 0 Å². The van der Waals surface area contributed by atoms with E-state index >= 15 is 0 Å². The molecule has 0 aliphatic carbocycles. The second-order valence-corrected chi connectivity index (χ2v) is 5.86. The standard InChI is InChI=1S/C21H17N3O2/c1-14-8-6-7-11-16(14)21-23-19(24-26-21)17-12-13-18(22-20(17)25-2)15-9-4-3-5-10-15/h3-13H,1-2H3. The van der Waals surface area contributed by atoms with Gasteiger partial charge in [-0.1, -0.05) is 53.7 Å². The van der Waals surface area contributed by atoms with E-state index in [4.69, 9.17) is 9.26 Å². The average Bonchev–Trinajstić information content (AvgIpc) is 3.18. The van der Waals surface area contributed by atoms with Crippen LogP contribution < -0.4 is 4.74 Å². The molecule has 5 heteroatoms. The van der Waals surface area contributed by atoms with Gasteiger partial charge in [-0.25, -0.2) is 4.98 Å². The van der Waals surface area contributed by atoms with Crippen molar-refractivity contribution in [2.24, 2.45) is 0 Å². The van der Waals surface area contributed by atoms with E-state index in [0.29, 0.717) is 23.2 Å². The first-order chi connectivity index (χ1) is 12.8. The van der Waals surface area contributed by atoms with Gasteiger partial charge in [0.05, 0.1) is 18.4 Å². The van der Waals surface area contributed by atoms with Crippen LogP contribution >= 0.6 is 0 Å². The molecule has 0 aliphatic rings. The van der Waals surface area contributed by atoms with Crippen molar-refractivity contribution in [1.82, 2.24) is 15.1 Å². The molecule has 0 fully saturated rings. The average molecular weight is 343 g/mol. The molecule has 0 bridgehead atoms. The van der Waals surface area contributed by atoms with E-state index in [1.54, 1.807) is 7.11 Å². The number of ether oxygens (including phenoxy) is 1. The van der Waals surface area contributed by atoms with E-state index in [1.807, 2.05) is 73.7 Å². The number of hydrogen-bond donors (Lipinski definition) is 0. The molecule has 0 atom stereocenters. The molecular formula is C21H17N3O2. The lowest BCUT2D eigenvalue weighted by molar-refractivity contribution is 0.398. The Balaban J connectivity index is 1.74. The van der Waals surface area contributed by atoms with E-state index < -0.39 is 0 Å². The molecule has 0 saturated heterocycles. The lowest BCUT2D eigenvalue weighted by Crippen LogP contribution is -1.95. The lowest BCUT2D eigenvalue weighted by Gasteiger charge is -2.07. The zero-order valence-corrected chi connectivity index (χ0v) is 14.5. The maximum absolute atomic E-state index is 5.47. The number of aryl methyl sites for hydroxylation is 1. The molecule has 0 radical (unpaired) electrons. The first kappa shape index (κ1) is 16.0. The van der Waals surface area contributed by atoms with Crippen LogP contribution in [0.1, 0.15) is 5.56 Å². The van der Waals surface area contributed by atoms with Gasteiger partial charge in [0, 0.05) is 11.1 Å². The fourth-order valence-electron chi connectivity index (χ4n) is 2.79. The predicted octanol–water partition coefficient (Wildman–Crippen LogP) is 4.78. The summed E-state index contributed by atoms with van der Waals surface area (Å²) in [6.07, 6.45) is 0. The smallest absolute Gasteiger partial charge is 0.258 e. The first-order valence-electron chi connectivity index (χ1n) is 8.27. The Morgan fingerprint density at radius 3 is 2.35 bits per heavy atom. The van der Waals surface area contributed by atoms with Crippen molar-refractivity contribution >= 4 is 0 Å². The monoisotopic (exact) mass is 343 g/mol. The summed E-state index contributed by atoms with van der Waals surface area (Å²) in [5, 5.41) is 4.11. The summed E-state index contributed by atoms with van der Waals surface area (Å²) in [5.74, 6) is 1.39. The highest BCUT2D eigenvalue weighted by atomic mass is 16.5. The van der Waals surface area contributed by atoms with Crippen molar-refractivity contribution in [3.63, 3.8) is 0 Å². The van der Waals surface area contributed by atoms with Crippen molar-refractivity contribution in [2.75, 3.05) is 7.11 Å². The van der Waals surface area contributed by atoms with Gasteiger partial charge in [-0.3, -0.25) is 0 Å². The summed E-state index contributed by atoms with van der Waals surface area (Å²) in [6, 6.07) is 21.7. The maximum Gasteiger partial charge on any atom is 0.258 e. The number of pyridine rings is 1. The van der Waals surface area contributed by atoms with Crippen LogP contribution in [0.5, 0.6) is 5.88 Å².